The van der Waals surface area contributed by atoms with Crippen molar-refractivity contribution in [2.24, 2.45) is 0 Å². The molecule has 0 fully saturated rings. The van der Waals surface area contributed by atoms with Gasteiger partial charge in [-0.05, 0) is 44.3 Å². The molecule has 0 spiro atoms. The summed E-state index contributed by atoms with van der Waals surface area (Å²) in [4.78, 5) is 1.07. The van der Waals surface area contributed by atoms with Crippen LogP contribution >= 0.6 is 11.8 Å². The van der Waals surface area contributed by atoms with E-state index in [2.05, 4.69) is 17.3 Å². The minimum absolute atomic E-state index is 0.196. The first-order valence-electron chi connectivity index (χ1n) is 6.32. The number of aryl methyl sites for hydroxylation is 1. The standard InChI is InChI=1S/C14H18FN3S/c1-3-18-14(8-9-17-18)13(16-2)10-19-12-6-4-11(15)5-7-12/h4-9,13,16H,3,10H2,1-2H3. The van der Waals surface area contributed by atoms with E-state index >= 15 is 0 Å². The first-order valence-corrected chi connectivity index (χ1v) is 7.30. The van der Waals surface area contributed by atoms with Gasteiger partial charge in [0, 0.05) is 23.4 Å². The van der Waals surface area contributed by atoms with E-state index in [1.165, 1.54) is 17.8 Å². The van der Waals surface area contributed by atoms with Crippen LogP contribution in [0.2, 0.25) is 0 Å². The van der Waals surface area contributed by atoms with Crippen LogP contribution in [0.5, 0.6) is 0 Å². The van der Waals surface area contributed by atoms with Crippen molar-refractivity contribution in [1.82, 2.24) is 15.1 Å². The summed E-state index contributed by atoms with van der Waals surface area (Å²) in [5.41, 5.74) is 1.18. The summed E-state index contributed by atoms with van der Waals surface area (Å²) in [5.74, 6) is 0.687. The molecular formula is C14H18FN3S. The van der Waals surface area contributed by atoms with Crippen LogP contribution < -0.4 is 5.32 Å². The van der Waals surface area contributed by atoms with Crippen LogP contribution in [0.1, 0.15) is 18.7 Å². The van der Waals surface area contributed by atoms with Crippen LogP contribution in [0.15, 0.2) is 41.4 Å². The second kappa shape index (κ2) is 6.73. The van der Waals surface area contributed by atoms with Crippen molar-refractivity contribution in [3.05, 3.63) is 48.0 Å². The first kappa shape index (κ1) is 14.1. The van der Waals surface area contributed by atoms with Gasteiger partial charge >= 0.3 is 0 Å². The van der Waals surface area contributed by atoms with Crippen molar-refractivity contribution in [2.75, 3.05) is 12.8 Å². The summed E-state index contributed by atoms with van der Waals surface area (Å²) in [6.07, 6.45) is 1.83. The van der Waals surface area contributed by atoms with E-state index in [9.17, 15) is 4.39 Å². The lowest BCUT2D eigenvalue weighted by molar-refractivity contribution is 0.549. The summed E-state index contributed by atoms with van der Waals surface area (Å²) >= 11 is 1.71. The van der Waals surface area contributed by atoms with Gasteiger partial charge in [-0.1, -0.05) is 0 Å². The molecule has 0 bridgehead atoms. The maximum absolute atomic E-state index is 12.8. The van der Waals surface area contributed by atoms with Gasteiger partial charge < -0.3 is 5.32 Å². The molecule has 1 heterocycles. The molecule has 19 heavy (non-hydrogen) atoms. The highest BCUT2D eigenvalue weighted by atomic mass is 32.2. The quantitative estimate of drug-likeness (QED) is 0.824. The number of hydrogen-bond donors (Lipinski definition) is 1. The molecule has 0 amide bonds. The van der Waals surface area contributed by atoms with Gasteiger partial charge in [-0.3, -0.25) is 4.68 Å². The molecule has 5 heteroatoms. The Kier molecular flexibility index (Phi) is 4.99. The summed E-state index contributed by atoms with van der Waals surface area (Å²) in [5, 5.41) is 7.59. The average Bonchev–Trinajstić information content (AvgIpc) is 2.90. The molecule has 1 aromatic heterocycles. The zero-order valence-electron chi connectivity index (χ0n) is 11.1. The fraction of sp³-hybridized carbons (Fsp3) is 0.357. The van der Waals surface area contributed by atoms with Crippen LogP contribution in [-0.4, -0.2) is 22.6 Å². The van der Waals surface area contributed by atoms with Crippen LogP contribution in [0.3, 0.4) is 0 Å². The molecule has 0 radical (unpaired) electrons. The third-order valence-corrected chi connectivity index (χ3v) is 4.09. The molecular weight excluding hydrogens is 261 g/mol. The van der Waals surface area contributed by atoms with Crippen molar-refractivity contribution in [3.8, 4) is 0 Å². The molecule has 3 nitrogen and oxygen atoms in total. The van der Waals surface area contributed by atoms with Crippen molar-refractivity contribution >= 4 is 11.8 Å². The SMILES string of the molecule is CCn1nccc1C(CSc1ccc(F)cc1)NC. The van der Waals surface area contributed by atoms with Crippen LogP contribution in [0.4, 0.5) is 4.39 Å². The Balaban J connectivity index is 2.02. The number of nitrogens with one attached hydrogen (secondary N) is 1. The molecule has 2 rings (SSSR count). The van der Waals surface area contributed by atoms with Gasteiger partial charge in [0.1, 0.15) is 5.82 Å². The lowest BCUT2D eigenvalue weighted by atomic mass is 10.2. The maximum Gasteiger partial charge on any atom is 0.123 e. The molecule has 0 saturated heterocycles. The molecule has 2 aromatic rings. The van der Waals surface area contributed by atoms with Gasteiger partial charge in [0.05, 0.1) is 11.7 Å². The molecule has 1 aromatic carbocycles. The summed E-state index contributed by atoms with van der Waals surface area (Å²) < 4.78 is 14.8. The van der Waals surface area contributed by atoms with E-state index in [4.69, 9.17) is 0 Å². The fourth-order valence-corrected chi connectivity index (χ4v) is 2.96. The Morgan fingerprint density at radius 3 is 2.68 bits per heavy atom. The zero-order chi connectivity index (χ0) is 13.7. The predicted molar refractivity (Wildman–Crippen MR) is 76.8 cm³/mol. The predicted octanol–water partition coefficient (Wildman–Crippen LogP) is 3.09. The minimum Gasteiger partial charge on any atom is -0.311 e. The Labute approximate surface area is 117 Å². The van der Waals surface area contributed by atoms with Crippen LogP contribution in [0.25, 0.3) is 0 Å². The third-order valence-electron chi connectivity index (χ3n) is 2.98. The molecule has 0 aliphatic carbocycles. The number of rotatable bonds is 6. The molecule has 1 unspecified atom stereocenters. The number of thioether (sulfide) groups is 1. The first-order chi connectivity index (χ1) is 9.24. The average molecular weight is 279 g/mol. The maximum atomic E-state index is 12.8. The Hall–Kier alpha value is -1.33. The van der Waals surface area contributed by atoms with Gasteiger partial charge in [0.25, 0.3) is 0 Å². The number of aromatic nitrogens is 2. The second-order valence-electron chi connectivity index (χ2n) is 4.18. The third kappa shape index (κ3) is 3.58. The normalized spacial score (nSPS) is 12.6. The highest BCUT2D eigenvalue weighted by Gasteiger charge is 2.14. The Morgan fingerprint density at radius 2 is 2.05 bits per heavy atom. The summed E-state index contributed by atoms with van der Waals surface area (Å²) in [7, 11) is 1.95. The highest BCUT2D eigenvalue weighted by Crippen LogP contribution is 2.24. The van der Waals surface area contributed by atoms with E-state index < -0.39 is 0 Å². The van der Waals surface area contributed by atoms with Crippen molar-refractivity contribution in [3.63, 3.8) is 0 Å². The molecule has 0 aliphatic rings. The fourth-order valence-electron chi connectivity index (χ4n) is 1.93. The lowest BCUT2D eigenvalue weighted by Crippen LogP contribution is -2.22. The van der Waals surface area contributed by atoms with Crippen molar-refractivity contribution in [1.29, 1.82) is 0 Å². The molecule has 1 atom stereocenters. The number of nitrogens with zero attached hydrogens (tertiary/aromatic N) is 2. The summed E-state index contributed by atoms with van der Waals surface area (Å²) in [6, 6.07) is 8.88. The molecule has 1 N–H and O–H groups in total. The lowest BCUT2D eigenvalue weighted by Gasteiger charge is -2.17. The number of hydrogen-bond acceptors (Lipinski definition) is 3. The molecule has 0 aliphatic heterocycles. The van der Waals surface area contributed by atoms with Crippen LogP contribution in [-0.2, 0) is 6.54 Å². The number of benzene rings is 1. The van der Waals surface area contributed by atoms with E-state index in [-0.39, 0.29) is 11.9 Å². The van der Waals surface area contributed by atoms with E-state index in [1.54, 1.807) is 11.8 Å². The topological polar surface area (TPSA) is 29.9 Å². The summed E-state index contributed by atoms with van der Waals surface area (Å²) in [6.45, 7) is 2.94. The monoisotopic (exact) mass is 279 g/mol. The zero-order valence-corrected chi connectivity index (χ0v) is 12.0. The largest absolute Gasteiger partial charge is 0.311 e. The van der Waals surface area contributed by atoms with Gasteiger partial charge in [-0.2, -0.15) is 5.10 Å². The highest BCUT2D eigenvalue weighted by molar-refractivity contribution is 7.99. The van der Waals surface area contributed by atoms with Gasteiger partial charge in [0.15, 0.2) is 0 Å². The van der Waals surface area contributed by atoms with Crippen molar-refractivity contribution in [2.45, 2.75) is 24.4 Å². The van der Waals surface area contributed by atoms with Gasteiger partial charge in [-0.25, -0.2) is 4.39 Å². The van der Waals surface area contributed by atoms with Gasteiger partial charge in [0.2, 0.25) is 0 Å². The Morgan fingerprint density at radius 1 is 1.32 bits per heavy atom. The molecule has 0 saturated carbocycles. The van der Waals surface area contributed by atoms with E-state index in [0.717, 1.165) is 17.2 Å². The van der Waals surface area contributed by atoms with Crippen molar-refractivity contribution < 1.29 is 4.39 Å². The smallest absolute Gasteiger partial charge is 0.123 e. The molecule has 102 valence electrons. The van der Waals surface area contributed by atoms with Gasteiger partial charge in [-0.15, -0.1) is 11.8 Å². The van der Waals surface area contributed by atoms with Crippen LogP contribution in [0, 0.1) is 5.82 Å². The van der Waals surface area contributed by atoms with E-state index in [0.29, 0.717) is 0 Å². The minimum atomic E-state index is -0.196. The van der Waals surface area contributed by atoms with E-state index in [1.807, 2.05) is 36.1 Å². The second-order valence-corrected chi connectivity index (χ2v) is 5.27. The number of halogens is 1. The Bertz CT molecular complexity index is 510.